The Bertz CT molecular complexity index is 836. The van der Waals surface area contributed by atoms with E-state index in [1.165, 1.54) is 7.11 Å². The van der Waals surface area contributed by atoms with Crippen LogP contribution in [0.1, 0.15) is 11.1 Å². The van der Waals surface area contributed by atoms with E-state index in [1.54, 1.807) is 42.5 Å². The summed E-state index contributed by atoms with van der Waals surface area (Å²) in [6, 6.07) is 11.6. The Morgan fingerprint density at radius 2 is 2.08 bits per heavy atom. The molecule has 25 heavy (non-hydrogen) atoms. The van der Waals surface area contributed by atoms with Crippen molar-refractivity contribution in [3.8, 4) is 11.5 Å². The highest BCUT2D eigenvalue weighted by molar-refractivity contribution is 9.10. The third-order valence-electron chi connectivity index (χ3n) is 3.11. The van der Waals surface area contributed by atoms with E-state index in [-0.39, 0.29) is 23.0 Å². The van der Waals surface area contributed by atoms with Crippen molar-refractivity contribution in [1.82, 2.24) is 0 Å². The molecule has 7 nitrogen and oxygen atoms in total. The number of methoxy groups -OCH3 is 1. The second-order valence-electron chi connectivity index (χ2n) is 4.86. The van der Waals surface area contributed by atoms with Gasteiger partial charge in [0.05, 0.1) is 7.11 Å². The van der Waals surface area contributed by atoms with Crippen molar-refractivity contribution < 1.29 is 24.5 Å². The minimum atomic E-state index is -1.12. The molecule has 0 saturated heterocycles. The molecular weight excluding hydrogens is 392 g/mol. The van der Waals surface area contributed by atoms with Crippen molar-refractivity contribution in [3.05, 3.63) is 58.1 Å². The van der Waals surface area contributed by atoms with Crippen LogP contribution in [0, 0.1) is 5.41 Å². The van der Waals surface area contributed by atoms with E-state index in [4.69, 9.17) is 25.1 Å². The molecule has 2 aromatic rings. The maximum absolute atomic E-state index is 10.7. The van der Waals surface area contributed by atoms with Crippen LogP contribution in [0.3, 0.4) is 0 Å². The third-order valence-corrected chi connectivity index (χ3v) is 3.61. The minimum Gasteiger partial charge on any atom is -0.578 e. The number of carboxylic acid groups (broad SMARTS) is 1. The molecule has 0 radical (unpaired) electrons. The summed E-state index contributed by atoms with van der Waals surface area (Å²) in [6.45, 7) is -0.532. The average molecular weight is 408 g/mol. The summed E-state index contributed by atoms with van der Waals surface area (Å²) < 4.78 is 11.0. The zero-order valence-corrected chi connectivity index (χ0v) is 14.8. The van der Waals surface area contributed by atoms with Crippen molar-refractivity contribution in [2.24, 2.45) is 4.99 Å². The number of ether oxygens (including phenoxy) is 2. The van der Waals surface area contributed by atoms with Crippen LogP contribution in [-0.4, -0.2) is 41.6 Å². The maximum Gasteiger partial charge on any atom is 0.370 e. The van der Waals surface area contributed by atoms with Gasteiger partial charge < -0.3 is 19.7 Å². The standard InChI is InChI=1S/C17H15BrN2O5/c1-24-12-4-2-3-10(7-12)16(19)20-17(23)13-8-11(18)5-6-14(13)25-9-15(21)22/h2-8H,9H2,1H3,(H,21,22)(H2,19,20,23)/p+1. The number of carbonyl (C=O) groups is 1. The summed E-state index contributed by atoms with van der Waals surface area (Å²) >= 11 is 3.29. The highest BCUT2D eigenvalue weighted by atomic mass is 79.9. The van der Waals surface area contributed by atoms with Gasteiger partial charge in [0, 0.05) is 10.0 Å². The Kier molecular flexibility index (Phi) is 6.13. The predicted molar refractivity (Wildman–Crippen MR) is 97.2 cm³/mol. The topological polar surface area (TPSA) is 115 Å². The van der Waals surface area contributed by atoms with Gasteiger partial charge in [-0.25, -0.2) is 4.79 Å². The van der Waals surface area contributed by atoms with E-state index in [0.29, 0.717) is 15.8 Å². The van der Waals surface area contributed by atoms with E-state index in [1.807, 2.05) is 0 Å². The predicted octanol–water partition coefficient (Wildman–Crippen LogP) is 2.42. The van der Waals surface area contributed by atoms with Gasteiger partial charge in [-0.3, -0.25) is 5.41 Å². The molecule has 0 saturated carbocycles. The quantitative estimate of drug-likeness (QED) is 0.434. The number of carboxylic acids is 1. The number of hydrogen-bond acceptors (Lipinski definition) is 4. The molecule has 0 fully saturated rings. The highest BCUT2D eigenvalue weighted by Crippen LogP contribution is 2.24. The van der Waals surface area contributed by atoms with Gasteiger partial charge in [-0.1, -0.05) is 28.1 Å². The number of rotatable bonds is 6. The monoisotopic (exact) mass is 407 g/mol. The normalized spacial score (nSPS) is 11.0. The first kappa shape index (κ1) is 18.5. The lowest BCUT2D eigenvalue weighted by Crippen LogP contribution is -2.13. The zero-order valence-electron chi connectivity index (χ0n) is 13.2. The number of benzene rings is 2. The van der Waals surface area contributed by atoms with Crippen molar-refractivity contribution in [2.75, 3.05) is 13.7 Å². The molecule has 0 aliphatic rings. The van der Waals surface area contributed by atoms with Crippen LogP contribution in [-0.2, 0) is 4.79 Å². The molecule has 0 amide bonds. The van der Waals surface area contributed by atoms with Crippen molar-refractivity contribution in [3.63, 3.8) is 0 Å². The lowest BCUT2D eigenvalue weighted by molar-refractivity contribution is -0.139. The SMILES string of the molecule is COc1cccc(C(=N)N=C([OH2+])c2cc(Br)ccc2OCC(=O)O)c1. The Hall–Kier alpha value is -2.87. The van der Waals surface area contributed by atoms with Gasteiger partial charge in [0.25, 0.3) is 0 Å². The van der Waals surface area contributed by atoms with Crippen LogP contribution >= 0.6 is 15.9 Å². The first-order valence-electron chi connectivity index (χ1n) is 7.08. The molecule has 2 rings (SSSR count). The largest absolute Gasteiger partial charge is 0.578 e. The number of nitrogens with one attached hydrogen (secondary N) is 1. The summed E-state index contributed by atoms with van der Waals surface area (Å²) in [6.07, 6.45) is 0. The molecule has 0 bridgehead atoms. The zero-order chi connectivity index (χ0) is 18.4. The van der Waals surface area contributed by atoms with Crippen molar-refractivity contribution in [2.45, 2.75) is 0 Å². The Morgan fingerprint density at radius 3 is 2.76 bits per heavy atom. The van der Waals surface area contributed by atoms with E-state index >= 15 is 0 Å². The molecule has 130 valence electrons. The molecule has 0 aromatic heterocycles. The lowest BCUT2D eigenvalue weighted by atomic mass is 10.1. The summed E-state index contributed by atoms with van der Waals surface area (Å²) in [5.74, 6) is -0.668. The number of nitrogens with zero attached hydrogens (tertiary/aromatic N) is 1. The van der Waals surface area contributed by atoms with Gasteiger partial charge in [-0.15, -0.1) is 4.99 Å². The fraction of sp³-hybridized carbons (Fsp3) is 0.118. The van der Waals surface area contributed by atoms with Gasteiger partial charge in [0.15, 0.2) is 12.4 Å². The van der Waals surface area contributed by atoms with Crippen LogP contribution in [0.4, 0.5) is 0 Å². The van der Waals surface area contributed by atoms with Crippen LogP contribution in [0.5, 0.6) is 11.5 Å². The summed E-state index contributed by atoms with van der Waals surface area (Å²) in [4.78, 5) is 14.7. The Balaban J connectivity index is 2.33. The maximum atomic E-state index is 10.7. The molecule has 0 spiro atoms. The first-order chi connectivity index (χ1) is 11.9. The summed E-state index contributed by atoms with van der Waals surface area (Å²) in [7, 11) is 1.52. The summed E-state index contributed by atoms with van der Waals surface area (Å²) in [5, 5.41) is 25.0. The van der Waals surface area contributed by atoms with Gasteiger partial charge in [-0.05, 0) is 30.3 Å². The average Bonchev–Trinajstić information content (AvgIpc) is 2.60. The molecule has 2 aromatic carbocycles. The fourth-order valence-corrected chi connectivity index (χ4v) is 2.32. The van der Waals surface area contributed by atoms with Gasteiger partial charge in [-0.2, -0.15) is 0 Å². The number of aliphatic carboxylic acids is 1. The number of halogens is 1. The van der Waals surface area contributed by atoms with Crippen LogP contribution < -0.4 is 9.47 Å². The minimum absolute atomic E-state index is 0.118. The highest BCUT2D eigenvalue weighted by Gasteiger charge is 2.17. The summed E-state index contributed by atoms with van der Waals surface area (Å²) in [5.41, 5.74) is 0.773. The smallest absolute Gasteiger partial charge is 0.370 e. The van der Waals surface area contributed by atoms with E-state index < -0.39 is 12.6 Å². The van der Waals surface area contributed by atoms with E-state index in [2.05, 4.69) is 20.9 Å². The van der Waals surface area contributed by atoms with Crippen LogP contribution in [0.15, 0.2) is 51.9 Å². The molecule has 8 heteroatoms. The molecule has 0 aliphatic heterocycles. The number of aliphatic imine (C=N–C) groups is 1. The number of amidine groups is 1. The first-order valence-corrected chi connectivity index (χ1v) is 7.88. The molecule has 4 N–H and O–H groups in total. The molecule has 0 unspecified atom stereocenters. The van der Waals surface area contributed by atoms with Crippen LogP contribution in [0.25, 0.3) is 0 Å². The van der Waals surface area contributed by atoms with Crippen LogP contribution in [0.2, 0.25) is 0 Å². The fourth-order valence-electron chi connectivity index (χ4n) is 1.96. The van der Waals surface area contributed by atoms with Gasteiger partial charge in [0.2, 0.25) is 0 Å². The van der Waals surface area contributed by atoms with Gasteiger partial charge in [0.1, 0.15) is 17.1 Å². The second-order valence-corrected chi connectivity index (χ2v) is 5.78. The van der Waals surface area contributed by atoms with Gasteiger partial charge >= 0.3 is 11.9 Å². The molecular formula is C17H16BrN2O5+. The molecule has 0 aliphatic carbocycles. The lowest BCUT2D eigenvalue weighted by Gasteiger charge is -2.08. The molecule has 0 heterocycles. The van der Waals surface area contributed by atoms with E-state index in [0.717, 1.165) is 0 Å². The molecule has 0 atom stereocenters. The Morgan fingerprint density at radius 1 is 1.32 bits per heavy atom. The van der Waals surface area contributed by atoms with E-state index in [9.17, 15) is 4.79 Å². The second kappa shape index (κ2) is 8.29. The Labute approximate surface area is 152 Å². The number of hydrogen-bond donors (Lipinski definition) is 2. The van der Waals surface area contributed by atoms with Crippen molar-refractivity contribution in [1.29, 1.82) is 5.41 Å². The van der Waals surface area contributed by atoms with Crippen molar-refractivity contribution >= 4 is 33.6 Å². The third kappa shape index (κ3) is 5.05.